The molecule has 0 aliphatic carbocycles. The lowest BCUT2D eigenvalue weighted by Gasteiger charge is -1.86. The molecule has 0 atom stereocenters. The van der Waals surface area contributed by atoms with Crippen molar-refractivity contribution in [1.82, 2.24) is 0 Å². The molecule has 0 spiro atoms. The Kier molecular flexibility index (Phi) is 7.68. The van der Waals surface area contributed by atoms with Crippen LogP contribution in [0, 0.1) is 0 Å². The molecule has 0 fully saturated rings. The maximum Gasteiger partial charge on any atom is 0.139 e. The van der Waals surface area contributed by atoms with Crippen LogP contribution in [0.15, 0.2) is 24.5 Å². The summed E-state index contributed by atoms with van der Waals surface area (Å²) in [6.07, 6.45) is 11.0. The van der Waals surface area contributed by atoms with Crippen LogP contribution in [0.3, 0.4) is 0 Å². The van der Waals surface area contributed by atoms with E-state index in [4.69, 9.17) is 0 Å². The molecule has 1 radical (unpaired) electrons. The summed E-state index contributed by atoms with van der Waals surface area (Å²) >= 11 is 0. The molecule has 0 aromatic heterocycles. The number of hydrogen-bond acceptors (Lipinski definition) is 0. The van der Waals surface area contributed by atoms with E-state index >= 15 is 0 Å². The van der Waals surface area contributed by atoms with Crippen LogP contribution in [-0.4, -0.2) is 0 Å². The highest BCUT2D eigenvalue weighted by molar-refractivity contribution is 4.89. The van der Waals surface area contributed by atoms with Gasteiger partial charge in [-0.3, -0.25) is 5.11 Å². The first-order valence-corrected chi connectivity index (χ1v) is 3.83. The van der Waals surface area contributed by atoms with Gasteiger partial charge in [0.05, 0.1) is 0 Å². The molecule has 1 heteroatoms. The fourth-order valence-electron chi connectivity index (χ4n) is 0.670. The van der Waals surface area contributed by atoms with Gasteiger partial charge < -0.3 is 0 Å². The van der Waals surface area contributed by atoms with Crippen molar-refractivity contribution in [2.45, 2.75) is 32.6 Å². The van der Waals surface area contributed by atoms with Crippen molar-refractivity contribution < 1.29 is 5.11 Å². The van der Waals surface area contributed by atoms with Crippen molar-refractivity contribution >= 4 is 0 Å². The normalized spacial score (nSPS) is 11.7. The second kappa shape index (κ2) is 8.28. The first kappa shape index (κ1) is 9.28. The summed E-state index contributed by atoms with van der Waals surface area (Å²) in [6.45, 7) is 2.17. The first-order chi connectivity index (χ1) is 4.91. The molecule has 10 heavy (non-hydrogen) atoms. The zero-order chi connectivity index (χ0) is 7.66. The van der Waals surface area contributed by atoms with Crippen molar-refractivity contribution in [1.29, 1.82) is 0 Å². The van der Waals surface area contributed by atoms with Gasteiger partial charge in [-0.25, -0.2) is 0 Å². The first-order valence-electron chi connectivity index (χ1n) is 3.83. The van der Waals surface area contributed by atoms with Crippen molar-refractivity contribution in [2.75, 3.05) is 0 Å². The summed E-state index contributed by atoms with van der Waals surface area (Å²) < 4.78 is 0. The van der Waals surface area contributed by atoms with Gasteiger partial charge in [0.1, 0.15) is 6.26 Å². The Morgan fingerprint density at radius 2 is 2.00 bits per heavy atom. The molecule has 0 aliphatic rings. The Labute approximate surface area is 63.1 Å². The molecular formula is C9H15O. The monoisotopic (exact) mass is 139 g/mol. The average molecular weight is 139 g/mol. The molecule has 1 nitrogen and oxygen atoms in total. The maximum atomic E-state index is 9.80. The zero-order valence-electron chi connectivity index (χ0n) is 6.55. The molecule has 0 aromatic rings. The van der Waals surface area contributed by atoms with Gasteiger partial charge in [0.25, 0.3) is 0 Å². The molecular weight excluding hydrogens is 124 g/mol. The molecule has 0 unspecified atom stereocenters. The third-order valence-electron chi connectivity index (χ3n) is 1.26. The highest BCUT2D eigenvalue weighted by atomic mass is 16.2. The van der Waals surface area contributed by atoms with Crippen molar-refractivity contribution in [3.63, 3.8) is 0 Å². The van der Waals surface area contributed by atoms with E-state index in [1.54, 1.807) is 6.08 Å². The third kappa shape index (κ3) is 7.28. The van der Waals surface area contributed by atoms with E-state index in [1.165, 1.54) is 12.8 Å². The van der Waals surface area contributed by atoms with Gasteiger partial charge in [-0.2, -0.15) is 0 Å². The quantitative estimate of drug-likeness (QED) is 0.317. The summed E-state index contributed by atoms with van der Waals surface area (Å²) in [5, 5.41) is 9.80. The van der Waals surface area contributed by atoms with E-state index in [1.807, 2.05) is 6.08 Å². The van der Waals surface area contributed by atoms with Crippen LogP contribution in [0.1, 0.15) is 32.6 Å². The number of unbranched alkanes of at least 4 members (excludes halogenated alkanes) is 2. The number of hydrogen-bond donors (Lipinski definition) is 0. The minimum absolute atomic E-state index is 0.785. The minimum Gasteiger partial charge on any atom is -0.299 e. The Morgan fingerprint density at radius 1 is 1.20 bits per heavy atom. The molecule has 0 amide bonds. The van der Waals surface area contributed by atoms with E-state index in [9.17, 15) is 5.11 Å². The largest absolute Gasteiger partial charge is 0.299 e. The molecule has 0 aromatic carbocycles. The molecule has 0 heterocycles. The Balaban J connectivity index is 3.04. The minimum atomic E-state index is 0.785. The van der Waals surface area contributed by atoms with Gasteiger partial charge in [0, 0.05) is 0 Å². The van der Waals surface area contributed by atoms with E-state index in [-0.39, 0.29) is 0 Å². The van der Waals surface area contributed by atoms with Gasteiger partial charge >= 0.3 is 0 Å². The molecule has 0 N–H and O–H groups in total. The average Bonchev–Trinajstić information content (AvgIpc) is 1.97. The zero-order valence-corrected chi connectivity index (χ0v) is 6.55. The maximum absolute atomic E-state index is 9.80. The fraction of sp³-hybridized carbons (Fsp3) is 0.556. The van der Waals surface area contributed by atoms with Gasteiger partial charge in [0.2, 0.25) is 0 Å². The molecule has 0 saturated heterocycles. The highest BCUT2D eigenvalue weighted by Gasteiger charge is 1.76. The van der Waals surface area contributed by atoms with Crippen molar-refractivity contribution in [3.05, 3.63) is 24.5 Å². The smallest absolute Gasteiger partial charge is 0.139 e. The summed E-state index contributed by atoms with van der Waals surface area (Å²) in [6, 6.07) is 0. The van der Waals surface area contributed by atoms with Gasteiger partial charge in [-0.05, 0) is 18.9 Å². The molecule has 0 bridgehead atoms. The fourth-order valence-corrected chi connectivity index (χ4v) is 0.670. The number of allylic oxidation sites excluding steroid dienone is 3. The van der Waals surface area contributed by atoms with Gasteiger partial charge in [0.15, 0.2) is 0 Å². The summed E-state index contributed by atoms with van der Waals surface area (Å²) in [5.74, 6) is 0. The Hall–Kier alpha value is -0.720. The summed E-state index contributed by atoms with van der Waals surface area (Å²) in [5.41, 5.74) is 0. The molecule has 0 aliphatic heterocycles. The van der Waals surface area contributed by atoms with E-state index in [0.29, 0.717) is 0 Å². The lowest BCUT2D eigenvalue weighted by Crippen LogP contribution is -1.66. The van der Waals surface area contributed by atoms with Crippen LogP contribution in [0.2, 0.25) is 0 Å². The second-order valence-electron chi connectivity index (χ2n) is 2.22. The van der Waals surface area contributed by atoms with E-state index in [0.717, 1.165) is 19.1 Å². The van der Waals surface area contributed by atoms with Crippen molar-refractivity contribution in [3.8, 4) is 0 Å². The Morgan fingerprint density at radius 3 is 2.60 bits per heavy atom. The third-order valence-corrected chi connectivity index (χ3v) is 1.26. The summed E-state index contributed by atoms with van der Waals surface area (Å²) in [4.78, 5) is 0. The summed E-state index contributed by atoms with van der Waals surface area (Å²) in [7, 11) is 0. The standard InChI is InChI=1S/C9H15O/c1-2-3-4-5-6-7-8-9-10/h5-6,8-9H,2-4,7H2,1H3. The lowest BCUT2D eigenvalue weighted by molar-refractivity contribution is 0.350. The SMILES string of the molecule is CCCCC=CCC=C[O]. The predicted octanol–water partition coefficient (Wildman–Crippen LogP) is 3.07. The van der Waals surface area contributed by atoms with E-state index < -0.39 is 0 Å². The Bertz CT molecular complexity index is 103. The van der Waals surface area contributed by atoms with Crippen LogP contribution >= 0.6 is 0 Å². The molecule has 0 rings (SSSR count). The molecule has 57 valence electrons. The van der Waals surface area contributed by atoms with E-state index in [2.05, 4.69) is 13.0 Å². The number of rotatable bonds is 5. The second-order valence-corrected chi connectivity index (χ2v) is 2.22. The van der Waals surface area contributed by atoms with Gasteiger partial charge in [-0.15, -0.1) is 0 Å². The van der Waals surface area contributed by atoms with Crippen LogP contribution in [0.4, 0.5) is 0 Å². The van der Waals surface area contributed by atoms with Crippen LogP contribution in [-0.2, 0) is 5.11 Å². The van der Waals surface area contributed by atoms with Gasteiger partial charge in [-0.1, -0.05) is 31.9 Å². The predicted molar refractivity (Wildman–Crippen MR) is 43.1 cm³/mol. The van der Waals surface area contributed by atoms with Crippen LogP contribution < -0.4 is 0 Å². The van der Waals surface area contributed by atoms with Crippen molar-refractivity contribution in [2.24, 2.45) is 0 Å². The van der Waals surface area contributed by atoms with Crippen LogP contribution in [0.5, 0.6) is 0 Å². The topological polar surface area (TPSA) is 19.9 Å². The van der Waals surface area contributed by atoms with Crippen LogP contribution in [0.25, 0.3) is 0 Å². The lowest BCUT2D eigenvalue weighted by atomic mass is 10.2. The highest BCUT2D eigenvalue weighted by Crippen LogP contribution is 1.96. The molecule has 0 saturated carbocycles.